The van der Waals surface area contributed by atoms with Gasteiger partial charge >= 0.3 is 0 Å². The summed E-state index contributed by atoms with van der Waals surface area (Å²) in [5, 5.41) is 18.6. The van der Waals surface area contributed by atoms with Crippen molar-refractivity contribution in [3.05, 3.63) is 29.3 Å². The van der Waals surface area contributed by atoms with Crippen molar-refractivity contribution in [2.45, 2.75) is 82.5 Å². The Bertz CT molecular complexity index is 1110. The molecule has 4 fully saturated rings. The van der Waals surface area contributed by atoms with Gasteiger partial charge in [-0.2, -0.15) is 5.26 Å². The van der Waals surface area contributed by atoms with Gasteiger partial charge < -0.3 is 20.9 Å². The van der Waals surface area contributed by atoms with Gasteiger partial charge in [0.05, 0.1) is 12.0 Å². The van der Waals surface area contributed by atoms with Crippen molar-refractivity contribution < 1.29 is 23.2 Å². The lowest BCUT2D eigenvalue weighted by molar-refractivity contribution is -0.194. The first-order chi connectivity index (χ1) is 18.0. The maximum atomic E-state index is 15.1. The molecule has 4 aliphatic rings. The van der Waals surface area contributed by atoms with E-state index in [9.17, 15) is 19.6 Å². The third-order valence-electron chi connectivity index (χ3n) is 7.78. The molecule has 0 unspecified atom stereocenters. The average Bonchev–Trinajstić information content (AvgIpc) is 3.25. The van der Waals surface area contributed by atoms with E-state index < -0.39 is 60.2 Å². The van der Waals surface area contributed by atoms with Gasteiger partial charge in [0.25, 0.3) is 5.92 Å². The van der Waals surface area contributed by atoms with Crippen LogP contribution in [0, 0.1) is 29.1 Å². The largest absolute Gasteiger partial charge is 0.374 e. The Morgan fingerprint density at radius 1 is 1.29 bits per heavy atom. The van der Waals surface area contributed by atoms with Crippen LogP contribution >= 0.6 is 11.6 Å². The van der Waals surface area contributed by atoms with Crippen LogP contribution in [0.1, 0.15) is 52.4 Å². The number of nitrogens with zero attached hydrogens (tertiary/aromatic N) is 2. The number of rotatable bonds is 9. The zero-order valence-corrected chi connectivity index (χ0v) is 22.3. The number of hydrogen-bond donors (Lipinski definition) is 3. The van der Waals surface area contributed by atoms with Crippen LogP contribution < -0.4 is 16.0 Å². The summed E-state index contributed by atoms with van der Waals surface area (Å²) in [6, 6.07) is 4.89. The standard InChI is InChI=1S/C27H34ClF2N5O3/c1-15(2)10-22(33-18-5-3-4-17(28)12-18)26(38)35-20-6-7-21(27(29,30)13-20)23(35)25(37)34-19(14-31)11-16-8-9-32-24(16)36/h3-5,12,15-16,19-23,33H,6-11,13H2,1-2H3,(H,32,36)(H,34,37)/t16-,19+,20+,21+,22-,23-/m1/s1. The molecule has 8 nitrogen and oxygen atoms in total. The lowest BCUT2D eigenvalue weighted by atomic mass is 9.71. The number of nitrogens with one attached hydrogen (secondary N) is 3. The Hall–Kier alpha value is -2.93. The third kappa shape index (κ3) is 6.04. The SMILES string of the molecule is CC(C)C[C@@H](Nc1cccc(Cl)c1)C(=O)N1[C@H]2CC[C@@H]([C@@H]1C(=O)N[C@H](C#N)C[C@H]1CCNC1=O)C(F)(F)C2. The van der Waals surface area contributed by atoms with E-state index in [0.29, 0.717) is 36.5 Å². The molecule has 0 spiro atoms. The summed E-state index contributed by atoms with van der Waals surface area (Å²) in [7, 11) is 0. The minimum Gasteiger partial charge on any atom is -0.374 e. The second kappa shape index (κ2) is 11.4. The summed E-state index contributed by atoms with van der Waals surface area (Å²) in [6.45, 7) is 4.40. The summed E-state index contributed by atoms with van der Waals surface area (Å²) >= 11 is 6.12. The Morgan fingerprint density at radius 3 is 2.66 bits per heavy atom. The first-order valence-electron chi connectivity index (χ1n) is 13.2. The molecule has 11 heteroatoms. The number of carbonyl (C=O) groups is 3. The second-order valence-electron chi connectivity index (χ2n) is 11.0. The number of nitriles is 1. The average molecular weight is 550 g/mol. The molecule has 6 atom stereocenters. The zero-order chi connectivity index (χ0) is 27.6. The summed E-state index contributed by atoms with van der Waals surface area (Å²) in [5.41, 5.74) is 0.615. The summed E-state index contributed by atoms with van der Waals surface area (Å²) in [6.07, 6.45) is 1.04. The molecule has 3 aliphatic heterocycles. The summed E-state index contributed by atoms with van der Waals surface area (Å²) in [4.78, 5) is 40.9. The van der Waals surface area contributed by atoms with Gasteiger partial charge in [0, 0.05) is 35.6 Å². The predicted octanol–water partition coefficient (Wildman–Crippen LogP) is 3.72. The number of piperidine rings is 2. The van der Waals surface area contributed by atoms with Crippen LogP contribution in [0.4, 0.5) is 14.5 Å². The number of anilines is 1. The first kappa shape index (κ1) is 28.1. The highest BCUT2D eigenvalue weighted by atomic mass is 35.5. The van der Waals surface area contributed by atoms with Crippen LogP contribution in [-0.2, 0) is 14.4 Å². The van der Waals surface area contributed by atoms with Crippen molar-refractivity contribution in [1.82, 2.24) is 15.5 Å². The highest BCUT2D eigenvalue weighted by Crippen LogP contribution is 2.49. The van der Waals surface area contributed by atoms with Crippen LogP contribution in [0.25, 0.3) is 0 Å². The Morgan fingerprint density at radius 2 is 2.05 bits per heavy atom. The fraction of sp³-hybridized carbons (Fsp3) is 0.630. The van der Waals surface area contributed by atoms with Crippen LogP contribution in [0.2, 0.25) is 5.02 Å². The van der Waals surface area contributed by atoms with Gasteiger partial charge in [-0.3, -0.25) is 14.4 Å². The highest BCUT2D eigenvalue weighted by molar-refractivity contribution is 6.30. The van der Waals surface area contributed by atoms with E-state index >= 15 is 8.78 Å². The first-order valence-corrected chi connectivity index (χ1v) is 13.6. The topological polar surface area (TPSA) is 114 Å². The van der Waals surface area contributed by atoms with Crippen LogP contribution in [0.15, 0.2) is 24.3 Å². The maximum absolute atomic E-state index is 15.1. The molecule has 3 saturated heterocycles. The normalized spacial score (nSPS) is 27.4. The van der Waals surface area contributed by atoms with Gasteiger partial charge in [-0.1, -0.05) is 31.5 Å². The third-order valence-corrected chi connectivity index (χ3v) is 8.02. The van der Waals surface area contributed by atoms with Gasteiger partial charge in [0.1, 0.15) is 18.1 Å². The number of halogens is 3. The van der Waals surface area contributed by atoms with Crippen molar-refractivity contribution in [3.8, 4) is 6.07 Å². The molecule has 0 radical (unpaired) electrons. The summed E-state index contributed by atoms with van der Waals surface area (Å²) < 4.78 is 30.2. The second-order valence-corrected chi connectivity index (χ2v) is 11.5. The number of alkyl halides is 2. The number of carbonyl (C=O) groups excluding carboxylic acids is 3. The monoisotopic (exact) mass is 549 g/mol. The van der Waals surface area contributed by atoms with Gasteiger partial charge in [-0.05, 0) is 56.2 Å². The van der Waals surface area contributed by atoms with E-state index in [0.717, 1.165) is 0 Å². The van der Waals surface area contributed by atoms with Crippen LogP contribution in [0.3, 0.4) is 0 Å². The van der Waals surface area contributed by atoms with E-state index in [4.69, 9.17) is 11.6 Å². The molecular weight excluding hydrogens is 516 g/mol. The Balaban J connectivity index is 1.59. The van der Waals surface area contributed by atoms with Crippen molar-refractivity contribution in [3.63, 3.8) is 0 Å². The quantitative estimate of drug-likeness (QED) is 0.434. The highest BCUT2D eigenvalue weighted by Gasteiger charge is 2.61. The molecule has 3 heterocycles. The number of hydrogen-bond acceptors (Lipinski definition) is 5. The molecule has 3 N–H and O–H groups in total. The van der Waals surface area contributed by atoms with E-state index in [2.05, 4.69) is 16.0 Å². The molecule has 1 aromatic rings. The van der Waals surface area contributed by atoms with Crippen LogP contribution in [0.5, 0.6) is 0 Å². The van der Waals surface area contributed by atoms with E-state index in [-0.39, 0.29) is 24.7 Å². The molecular formula is C27H34ClF2N5O3. The molecule has 0 aromatic heterocycles. The number of fused-ring (bicyclic) bond motifs is 3. The van der Waals surface area contributed by atoms with Gasteiger partial charge in [-0.25, -0.2) is 8.78 Å². The fourth-order valence-electron chi connectivity index (χ4n) is 6.03. The predicted molar refractivity (Wildman–Crippen MR) is 138 cm³/mol. The zero-order valence-electron chi connectivity index (χ0n) is 21.6. The Kier molecular flexibility index (Phi) is 8.46. The number of benzene rings is 1. The Labute approximate surface area is 226 Å². The lowest BCUT2D eigenvalue weighted by Crippen LogP contribution is -2.70. The van der Waals surface area contributed by atoms with E-state index in [1.165, 1.54) is 4.90 Å². The number of amides is 3. The molecule has 1 saturated carbocycles. The lowest BCUT2D eigenvalue weighted by Gasteiger charge is -2.54. The maximum Gasteiger partial charge on any atom is 0.255 e. The van der Waals surface area contributed by atoms with E-state index in [1.807, 2.05) is 19.9 Å². The molecule has 2 bridgehead atoms. The fourth-order valence-corrected chi connectivity index (χ4v) is 6.22. The van der Waals surface area contributed by atoms with Crippen molar-refractivity contribution in [2.24, 2.45) is 17.8 Å². The smallest absolute Gasteiger partial charge is 0.255 e. The minimum atomic E-state index is -3.11. The van der Waals surface area contributed by atoms with Gasteiger partial charge in [0.15, 0.2) is 0 Å². The minimum absolute atomic E-state index is 0.0888. The van der Waals surface area contributed by atoms with Gasteiger partial charge in [-0.15, -0.1) is 0 Å². The molecule has 1 aromatic carbocycles. The van der Waals surface area contributed by atoms with Gasteiger partial charge in [0.2, 0.25) is 17.7 Å². The van der Waals surface area contributed by atoms with Crippen LogP contribution in [-0.4, -0.2) is 59.3 Å². The molecule has 38 heavy (non-hydrogen) atoms. The molecule has 206 valence electrons. The molecule has 1 aliphatic carbocycles. The van der Waals surface area contributed by atoms with Crippen molar-refractivity contribution >= 4 is 35.0 Å². The van der Waals surface area contributed by atoms with Crippen molar-refractivity contribution in [2.75, 3.05) is 11.9 Å². The molecule has 3 amide bonds. The van der Waals surface area contributed by atoms with Crippen molar-refractivity contribution in [1.29, 1.82) is 5.26 Å². The van der Waals surface area contributed by atoms with E-state index in [1.54, 1.807) is 24.3 Å². The molecule has 5 rings (SSSR count). The summed E-state index contributed by atoms with van der Waals surface area (Å²) in [5.74, 6) is -6.18.